The third kappa shape index (κ3) is 2.31. The second-order valence-corrected chi connectivity index (χ2v) is 3.07. The van der Waals surface area contributed by atoms with E-state index in [1.165, 1.54) is 0 Å². The van der Waals surface area contributed by atoms with E-state index in [9.17, 15) is 0 Å². The first-order valence-corrected chi connectivity index (χ1v) is 3.90. The average Bonchev–Trinajstić information content (AvgIpc) is 2.00. The van der Waals surface area contributed by atoms with Gasteiger partial charge in [-0.3, -0.25) is 0 Å². The van der Waals surface area contributed by atoms with Gasteiger partial charge in [0.2, 0.25) is 0 Å². The van der Waals surface area contributed by atoms with Crippen molar-refractivity contribution in [2.75, 3.05) is 13.7 Å². The van der Waals surface area contributed by atoms with Crippen LogP contribution < -0.4 is 0 Å². The van der Waals surface area contributed by atoms with Crippen LogP contribution in [-0.4, -0.2) is 24.4 Å². The van der Waals surface area contributed by atoms with Crippen molar-refractivity contribution in [1.82, 2.24) is 0 Å². The molecule has 0 radical (unpaired) electrons. The quantitative estimate of drug-likeness (QED) is 0.616. The number of aliphatic hydroxyl groups excluding tert-OH is 1. The number of ether oxygens (including phenoxy) is 1. The fraction of sp³-hybridized carbons (Fsp3) is 0.778. The molecule has 2 heteroatoms. The largest absolute Gasteiger partial charge is 0.393 e. The van der Waals surface area contributed by atoms with Gasteiger partial charge < -0.3 is 9.84 Å². The Morgan fingerprint density at radius 3 is 2.27 bits per heavy atom. The Kier molecular flexibility index (Phi) is 4.38. The van der Waals surface area contributed by atoms with E-state index in [1.54, 1.807) is 13.2 Å². The highest BCUT2D eigenvalue weighted by molar-refractivity contribution is 4.90. The summed E-state index contributed by atoms with van der Waals surface area (Å²) in [6.45, 7) is 7.74. The van der Waals surface area contributed by atoms with Crippen LogP contribution in [0, 0.1) is 5.92 Å². The summed E-state index contributed by atoms with van der Waals surface area (Å²) in [6.07, 6.45) is 2.47. The molecule has 0 aromatic heterocycles. The summed E-state index contributed by atoms with van der Waals surface area (Å²) in [6, 6.07) is 0. The molecule has 0 spiro atoms. The van der Waals surface area contributed by atoms with Crippen LogP contribution in [0.2, 0.25) is 0 Å². The van der Waals surface area contributed by atoms with Gasteiger partial charge in [0.25, 0.3) is 0 Å². The van der Waals surface area contributed by atoms with E-state index < -0.39 is 5.60 Å². The molecule has 2 nitrogen and oxygen atoms in total. The molecule has 0 saturated carbocycles. The molecule has 0 unspecified atom stereocenters. The molecule has 0 bridgehead atoms. The van der Waals surface area contributed by atoms with E-state index in [0.717, 1.165) is 0 Å². The van der Waals surface area contributed by atoms with E-state index in [4.69, 9.17) is 9.84 Å². The number of rotatable bonds is 5. The van der Waals surface area contributed by atoms with Crippen LogP contribution in [0.3, 0.4) is 0 Å². The maximum Gasteiger partial charge on any atom is 0.0964 e. The molecule has 0 aliphatic heterocycles. The smallest absolute Gasteiger partial charge is 0.0964 e. The zero-order chi connectivity index (χ0) is 8.91. The molecule has 0 aliphatic carbocycles. The van der Waals surface area contributed by atoms with Crippen LogP contribution in [0.5, 0.6) is 0 Å². The molecule has 0 aromatic carbocycles. The molecule has 1 N–H and O–H groups in total. The van der Waals surface area contributed by atoms with Crippen molar-refractivity contribution in [3.63, 3.8) is 0 Å². The molecular weight excluding hydrogens is 140 g/mol. The van der Waals surface area contributed by atoms with Crippen LogP contribution in [0.1, 0.15) is 20.3 Å². The van der Waals surface area contributed by atoms with Crippen LogP contribution in [0.4, 0.5) is 0 Å². The Morgan fingerprint density at radius 1 is 1.64 bits per heavy atom. The van der Waals surface area contributed by atoms with Crippen molar-refractivity contribution in [3.8, 4) is 0 Å². The SMILES string of the molecule is C=CC[C@@](CO)(OC)C(C)C. The summed E-state index contributed by atoms with van der Waals surface area (Å²) in [7, 11) is 1.62. The Balaban J connectivity index is 4.31. The van der Waals surface area contributed by atoms with Gasteiger partial charge in [0.15, 0.2) is 0 Å². The number of methoxy groups -OCH3 is 1. The molecule has 0 rings (SSSR count). The Hall–Kier alpha value is -0.340. The zero-order valence-corrected chi connectivity index (χ0v) is 7.63. The van der Waals surface area contributed by atoms with Gasteiger partial charge in [-0.1, -0.05) is 19.9 Å². The Bertz CT molecular complexity index is 115. The summed E-state index contributed by atoms with van der Waals surface area (Å²) in [4.78, 5) is 0. The lowest BCUT2D eigenvalue weighted by atomic mass is 9.88. The van der Waals surface area contributed by atoms with Gasteiger partial charge in [0.1, 0.15) is 0 Å². The highest BCUT2D eigenvalue weighted by atomic mass is 16.5. The lowest BCUT2D eigenvalue weighted by molar-refractivity contribution is -0.0817. The van der Waals surface area contributed by atoms with Crippen LogP contribution >= 0.6 is 0 Å². The lowest BCUT2D eigenvalue weighted by Gasteiger charge is -2.33. The van der Waals surface area contributed by atoms with E-state index >= 15 is 0 Å². The normalized spacial score (nSPS) is 16.5. The van der Waals surface area contributed by atoms with E-state index in [1.807, 2.05) is 13.8 Å². The van der Waals surface area contributed by atoms with Crippen molar-refractivity contribution in [2.24, 2.45) is 5.92 Å². The predicted octanol–water partition coefficient (Wildman–Crippen LogP) is 1.60. The molecule has 66 valence electrons. The molecular formula is C9H18O2. The van der Waals surface area contributed by atoms with E-state index in [-0.39, 0.29) is 6.61 Å². The molecule has 0 saturated heterocycles. The summed E-state index contributed by atoms with van der Waals surface area (Å²) < 4.78 is 5.27. The highest BCUT2D eigenvalue weighted by Crippen LogP contribution is 2.24. The van der Waals surface area contributed by atoms with Crippen molar-refractivity contribution in [1.29, 1.82) is 0 Å². The first-order chi connectivity index (χ1) is 5.13. The summed E-state index contributed by atoms with van der Waals surface area (Å²) >= 11 is 0. The third-order valence-corrected chi connectivity index (χ3v) is 2.22. The molecule has 0 aliphatic rings. The van der Waals surface area contributed by atoms with Crippen LogP contribution in [0.25, 0.3) is 0 Å². The Morgan fingerprint density at radius 2 is 2.18 bits per heavy atom. The van der Waals surface area contributed by atoms with Gasteiger partial charge in [-0.2, -0.15) is 0 Å². The van der Waals surface area contributed by atoms with Gasteiger partial charge in [-0.15, -0.1) is 6.58 Å². The second kappa shape index (κ2) is 4.52. The fourth-order valence-electron chi connectivity index (χ4n) is 1.11. The molecule has 1 atom stereocenters. The van der Waals surface area contributed by atoms with Crippen LogP contribution in [0.15, 0.2) is 12.7 Å². The first kappa shape index (κ1) is 10.7. The lowest BCUT2D eigenvalue weighted by Crippen LogP contribution is -2.40. The van der Waals surface area contributed by atoms with Gasteiger partial charge in [-0.05, 0) is 12.3 Å². The van der Waals surface area contributed by atoms with Gasteiger partial charge in [0.05, 0.1) is 12.2 Å². The summed E-state index contributed by atoms with van der Waals surface area (Å²) in [5.41, 5.74) is -0.429. The van der Waals surface area contributed by atoms with Crippen LogP contribution in [-0.2, 0) is 4.74 Å². The summed E-state index contributed by atoms with van der Waals surface area (Å²) in [5, 5.41) is 9.11. The van der Waals surface area contributed by atoms with Gasteiger partial charge in [-0.25, -0.2) is 0 Å². The monoisotopic (exact) mass is 158 g/mol. The minimum Gasteiger partial charge on any atom is -0.393 e. The highest BCUT2D eigenvalue weighted by Gasteiger charge is 2.31. The zero-order valence-electron chi connectivity index (χ0n) is 7.63. The fourth-order valence-corrected chi connectivity index (χ4v) is 1.11. The predicted molar refractivity (Wildman–Crippen MR) is 46.5 cm³/mol. The maximum atomic E-state index is 9.11. The van der Waals surface area contributed by atoms with Crippen molar-refractivity contribution < 1.29 is 9.84 Å². The topological polar surface area (TPSA) is 29.5 Å². The molecule has 11 heavy (non-hydrogen) atoms. The second-order valence-electron chi connectivity index (χ2n) is 3.07. The minimum absolute atomic E-state index is 0.0488. The Labute approximate surface area is 68.9 Å². The molecule has 0 heterocycles. The maximum absolute atomic E-state index is 9.11. The molecule has 0 aromatic rings. The molecule has 0 amide bonds. The number of hydrogen-bond donors (Lipinski definition) is 1. The standard InChI is InChI=1S/C9H18O2/c1-5-6-9(7-10,11-4)8(2)3/h5,8,10H,1,6-7H2,2-4H3/t9-/m0/s1. The van der Waals surface area contributed by atoms with E-state index in [0.29, 0.717) is 12.3 Å². The van der Waals surface area contributed by atoms with Crippen molar-refractivity contribution in [2.45, 2.75) is 25.9 Å². The number of aliphatic hydroxyl groups is 1. The minimum atomic E-state index is -0.429. The average molecular weight is 158 g/mol. The van der Waals surface area contributed by atoms with Gasteiger partial charge in [0, 0.05) is 7.11 Å². The van der Waals surface area contributed by atoms with E-state index in [2.05, 4.69) is 6.58 Å². The first-order valence-electron chi connectivity index (χ1n) is 3.90. The summed E-state index contributed by atoms with van der Waals surface area (Å²) in [5.74, 6) is 0.301. The number of hydrogen-bond acceptors (Lipinski definition) is 2. The van der Waals surface area contributed by atoms with Crippen molar-refractivity contribution >= 4 is 0 Å². The molecule has 0 fully saturated rings. The van der Waals surface area contributed by atoms with Crippen molar-refractivity contribution in [3.05, 3.63) is 12.7 Å². The third-order valence-electron chi connectivity index (χ3n) is 2.22. The van der Waals surface area contributed by atoms with Gasteiger partial charge >= 0.3 is 0 Å².